The lowest BCUT2D eigenvalue weighted by atomic mass is 10.2. The lowest BCUT2D eigenvalue weighted by molar-refractivity contribution is -0.117. The molecule has 1 N–H and O–H groups in total. The number of hydrogen-bond acceptors (Lipinski definition) is 2. The van der Waals surface area contributed by atoms with Crippen molar-refractivity contribution in [2.24, 2.45) is 0 Å². The molecule has 1 fully saturated rings. The Bertz CT molecular complexity index is 490. The highest BCUT2D eigenvalue weighted by Gasteiger charge is 2.23. The molecule has 3 nitrogen and oxygen atoms in total. The molecule has 0 aliphatic heterocycles. The fraction of sp³-hybridized carbons (Fsp3) is 0.562. The van der Waals surface area contributed by atoms with E-state index in [4.69, 9.17) is 0 Å². The van der Waals surface area contributed by atoms with E-state index in [0.29, 0.717) is 12.6 Å². The summed E-state index contributed by atoms with van der Waals surface area (Å²) in [5.41, 5.74) is 1.96. The maximum Gasteiger partial charge on any atom is 0.238 e. The van der Waals surface area contributed by atoms with Crippen molar-refractivity contribution in [2.45, 2.75) is 45.6 Å². The Balaban J connectivity index is 2.01. The van der Waals surface area contributed by atoms with E-state index in [0.717, 1.165) is 26.7 Å². The number of amides is 1. The quantitative estimate of drug-likeness (QED) is 0.751. The van der Waals surface area contributed by atoms with E-state index in [1.54, 1.807) is 0 Å². The molecule has 0 aromatic heterocycles. The molecule has 1 aromatic rings. The first-order valence-corrected chi connectivity index (χ1v) is 9.09. The minimum absolute atomic E-state index is 0.0500. The number of rotatable bonds is 5. The van der Waals surface area contributed by atoms with E-state index >= 15 is 0 Å². The summed E-state index contributed by atoms with van der Waals surface area (Å²) >= 11 is 7.04. The van der Waals surface area contributed by atoms with Gasteiger partial charge in [0.1, 0.15) is 0 Å². The van der Waals surface area contributed by atoms with Crippen LogP contribution in [0.1, 0.15) is 38.2 Å². The average molecular weight is 418 g/mol. The Labute approximate surface area is 143 Å². The van der Waals surface area contributed by atoms with E-state index in [-0.39, 0.29) is 5.91 Å². The highest BCUT2D eigenvalue weighted by molar-refractivity contribution is 9.11. The number of hydrogen-bond donors (Lipinski definition) is 1. The predicted molar refractivity (Wildman–Crippen MR) is 94.7 cm³/mol. The first kappa shape index (κ1) is 17.0. The molecule has 2 rings (SSSR count). The monoisotopic (exact) mass is 416 g/mol. The summed E-state index contributed by atoms with van der Waals surface area (Å²) in [5.74, 6) is 0.0500. The first-order valence-electron chi connectivity index (χ1n) is 7.50. The van der Waals surface area contributed by atoms with E-state index in [9.17, 15) is 4.79 Å². The molecular formula is C16H22Br2N2O. The summed E-state index contributed by atoms with van der Waals surface area (Å²) in [5, 5.41) is 3.02. The highest BCUT2D eigenvalue weighted by Crippen LogP contribution is 2.32. The molecule has 1 aromatic carbocycles. The zero-order chi connectivity index (χ0) is 15.4. The topological polar surface area (TPSA) is 32.3 Å². The van der Waals surface area contributed by atoms with Gasteiger partial charge in [0, 0.05) is 15.0 Å². The third-order valence-electron chi connectivity index (χ3n) is 4.04. The van der Waals surface area contributed by atoms with Crippen molar-refractivity contribution in [3.8, 4) is 0 Å². The summed E-state index contributed by atoms with van der Waals surface area (Å²) in [7, 11) is 0. The summed E-state index contributed by atoms with van der Waals surface area (Å²) in [6.07, 6.45) is 5.02. The fourth-order valence-corrected chi connectivity index (χ4v) is 4.56. The van der Waals surface area contributed by atoms with Crippen LogP contribution in [0.25, 0.3) is 0 Å². The second-order valence-electron chi connectivity index (χ2n) is 5.65. The van der Waals surface area contributed by atoms with Crippen LogP contribution in [-0.2, 0) is 4.79 Å². The Morgan fingerprint density at radius 3 is 2.38 bits per heavy atom. The van der Waals surface area contributed by atoms with E-state index in [1.165, 1.54) is 25.7 Å². The molecule has 0 spiro atoms. The number of aryl methyl sites for hydroxylation is 1. The highest BCUT2D eigenvalue weighted by atomic mass is 79.9. The number of carbonyl (C=O) groups excluding carboxylic acids is 1. The number of anilines is 1. The van der Waals surface area contributed by atoms with Crippen LogP contribution in [0.4, 0.5) is 5.69 Å². The number of likely N-dealkylation sites (N-methyl/N-ethyl adjacent to an activating group) is 1. The van der Waals surface area contributed by atoms with Gasteiger partial charge >= 0.3 is 0 Å². The fourth-order valence-electron chi connectivity index (χ4n) is 2.95. The van der Waals surface area contributed by atoms with Crippen molar-refractivity contribution in [1.82, 2.24) is 4.90 Å². The second kappa shape index (κ2) is 7.75. The molecule has 0 saturated heterocycles. The standard InChI is InChI=1S/C16H22Br2N2O/c1-3-20(12-6-4-5-7-12)10-15(21)19-16-13(17)8-11(2)9-14(16)18/h8-9,12H,3-7,10H2,1-2H3,(H,19,21). The Kier molecular flexibility index (Phi) is 6.26. The van der Waals surface area contributed by atoms with Crippen molar-refractivity contribution in [1.29, 1.82) is 0 Å². The molecule has 1 saturated carbocycles. The minimum Gasteiger partial charge on any atom is -0.323 e. The van der Waals surface area contributed by atoms with Crippen LogP contribution in [-0.4, -0.2) is 29.9 Å². The maximum absolute atomic E-state index is 12.3. The van der Waals surface area contributed by atoms with E-state index < -0.39 is 0 Å². The van der Waals surface area contributed by atoms with Crippen LogP contribution in [0.15, 0.2) is 21.1 Å². The molecule has 5 heteroatoms. The van der Waals surface area contributed by atoms with Crippen LogP contribution >= 0.6 is 31.9 Å². The molecule has 116 valence electrons. The third kappa shape index (κ3) is 4.54. The number of benzene rings is 1. The van der Waals surface area contributed by atoms with Crippen molar-refractivity contribution in [3.05, 3.63) is 26.6 Å². The van der Waals surface area contributed by atoms with Gasteiger partial charge in [-0.25, -0.2) is 0 Å². The van der Waals surface area contributed by atoms with Gasteiger partial charge in [0.15, 0.2) is 0 Å². The molecule has 0 bridgehead atoms. The van der Waals surface area contributed by atoms with Gasteiger partial charge < -0.3 is 5.32 Å². The zero-order valence-corrected chi connectivity index (χ0v) is 15.8. The zero-order valence-electron chi connectivity index (χ0n) is 12.6. The SMILES string of the molecule is CCN(CC(=O)Nc1c(Br)cc(C)cc1Br)C1CCCC1. The number of nitrogens with zero attached hydrogens (tertiary/aromatic N) is 1. The Morgan fingerprint density at radius 1 is 1.29 bits per heavy atom. The van der Waals surface area contributed by atoms with Gasteiger partial charge in [-0.15, -0.1) is 0 Å². The van der Waals surface area contributed by atoms with Crippen molar-refractivity contribution < 1.29 is 4.79 Å². The van der Waals surface area contributed by atoms with Gasteiger partial charge in [0.2, 0.25) is 5.91 Å². The molecular weight excluding hydrogens is 396 g/mol. The Hall–Kier alpha value is -0.390. The smallest absolute Gasteiger partial charge is 0.238 e. The predicted octanol–water partition coefficient (Wildman–Crippen LogP) is 4.72. The summed E-state index contributed by atoms with van der Waals surface area (Å²) in [6.45, 7) is 5.55. The Morgan fingerprint density at radius 2 is 1.86 bits per heavy atom. The van der Waals surface area contributed by atoms with Crippen LogP contribution in [0.5, 0.6) is 0 Å². The van der Waals surface area contributed by atoms with Crippen LogP contribution in [0.3, 0.4) is 0 Å². The van der Waals surface area contributed by atoms with Crippen LogP contribution in [0.2, 0.25) is 0 Å². The molecule has 21 heavy (non-hydrogen) atoms. The average Bonchev–Trinajstić information content (AvgIpc) is 2.94. The van der Waals surface area contributed by atoms with Crippen LogP contribution < -0.4 is 5.32 Å². The van der Waals surface area contributed by atoms with Crippen LogP contribution in [0, 0.1) is 6.92 Å². The summed E-state index contributed by atoms with van der Waals surface area (Å²) in [6, 6.07) is 4.59. The van der Waals surface area contributed by atoms with Crippen molar-refractivity contribution >= 4 is 43.5 Å². The third-order valence-corrected chi connectivity index (χ3v) is 5.30. The minimum atomic E-state index is 0.0500. The number of carbonyl (C=O) groups is 1. The molecule has 1 aliphatic rings. The van der Waals surface area contributed by atoms with E-state index in [2.05, 4.69) is 49.0 Å². The van der Waals surface area contributed by atoms with Crippen molar-refractivity contribution in [3.63, 3.8) is 0 Å². The van der Waals surface area contributed by atoms with Gasteiger partial charge in [0.25, 0.3) is 0 Å². The van der Waals surface area contributed by atoms with E-state index in [1.807, 2.05) is 19.1 Å². The second-order valence-corrected chi connectivity index (χ2v) is 7.36. The number of halogens is 2. The lowest BCUT2D eigenvalue weighted by Gasteiger charge is -2.26. The molecule has 1 aliphatic carbocycles. The van der Waals surface area contributed by atoms with Gasteiger partial charge in [0.05, 0.1) is 12.2 Å². The molecule has 0 unspecified atom stereocenters. The molecule has 0 atom stereocenters. The number of nitrogens with one attached hydrogen (secondary N) is 1. The first-order chi connectivity index (χ1) is 10.0. The largest absolute Gasteiger partial charge is 0.323 e. The van der Waals surface area contributed by atoms with Gasteiger partial charge in [-0.3, -0.25) is 9.69 Å². The molecule has 0 heterocycles. The molecule has 0 radical (unpaired) electrons. The lowest BCUT2D eigenvalue weighted by Crippen LogP contribution is -2.39. The normalized spacial score (nSPS) is 15.7. The van der Waals surface area contributed by atoms with Gasteiger partial charge in [-0.2, -0.15) is 0 Å². The molecule has 1 amide bonds. The van der Waals surface area contributed by atoms with Gasteiger partial charge in [-0.1, -0.05) is 19.8 Å². The summed E-state index contributed by atoms with van der Waals surface area (Å²) < 4.78 is 1.82. The van der Waals surface area contributed by atoms with Gasteiger partial charge in [-0.05, 0) is 75.9 Å². The van der Waals surface area contributed by atoms with Crippen molar-refractivity contribution in [2.75, 3.05) is 18.4 Å². The maximum atomic E-state index is 12.3. The summed E-state index contributed by atoms with van der Waals surface area (Å²) in [4.78, 5) is 14.6.